The van der Waals surface area contributed by atoms with Crippen molar-refractivity contribution in [2.75, 3.05) is 5.32 Å². The van der Waals surface area contributed by atoms with Gasteiger partial charge < -0.3 is 9.73 Å². The SMILES string of the molecule is N#Cc1ccc(CNc2cccc(Cn3cncn3)c2)o1. The van der Waals surface area contributed by atoms with Gasteiger partial charge in [0, 0.05) is 5.69 Å². The van der Waals surface area contributed by atoms with Crippen molar-refractivity contribution in [3.63, 3.8) is 0 Å². The Morgan fingerprint density at radius 2 is 2.24 bits per heavy atom. The van der Waals surface area contributed by atoms with Gasteiger partial charge in [0.25, 0.3) is 0 Å². The van der Waals surface area contributed by atoms with Gasteiger partial charge in [-0.3, -0.25) is 0 Å². The Bertz CT molecular complexity index is 754. The topological polar surface area (TPSA) is 79.7 Å². The van der Waals surface area contributed by atoms with Crippen LogP contribution in [-0.4, -0.2) is 14.8 Å². The first-order valence-electron chi connectivity index (χ1n) is 6.47. The molecule has 3 aromatic rings. The number of aromatic nitrogens is 3. The summed E-state index contributed by atoms with van der Waals surface area (Å²) in [7, 11) is 0. The van der Waals surface area contributed by atoms with Crippen LogP contribution < -0.4 is 5.32 Å². The number of nitrogens with zero attached hydrogens (tertiary/aromatic N) is 4. The molecule has 0 aliphatic rings. The van der Waals surface area contributed by atoms with Gasteiger partial charge in [0.2, 0.25) is 5.76 Å². The molecule has 0 amide bonds. The largest absolute Gasteiger partial charge is 0.449 e. The molecular formula is C15H13N5O. The summed E-state index contributed by atoms with van der Waals surface area (Å²) < 4.78 is 7.09. The second-order valence-corrected chi connectivity index (χ2v) is 4.52. The third-order valence-corrected chi connectivity index (χ3v) is 2.98. The Balaban J connectivity index is 1.64. The highest BCUT2D eigenvalue weighted by atomic mass is 16.3. The molecule has 6 heteroatoms. The van der Waals surface area contributed by atoms with E-state index in [9.17, 15) is 0 Å². The number of benzene rings is 1. The summed E-state index contributed by atoms with van der Waals surface area (Å²) in [5.74, 6) is 1.06. The van der Waals surface area contributed by atoms with E-state index in [0.29, 0.717) is 18.8 Å². The molecule has 6 nitrogen and oxygen atoms in total. The maximum atomic E-state index is 8.72. The lowest BCUT2D eigenvalue weighted by molar-refractivity contribution is 0.506. The van der Waals surface area contributed by atoms with Crippen molar-refractivity contribution in [3.05, 3.63) is 66.1 Å². The number of rotatable bonds is 5. The number of furan rings is 1. The molecule has 1 N–H and O–H groups in total. The second kappa shape index (κ2) is 5.92. The van der Waals surface area contributed by atoms with Crippen LogP contribution in [0.2, 0.25) is 0 Å². The number of nitrogens with one attached hydrogen (secondary N) is 1. The number of nitriles is 1. The van der Waals surface area contributed by atoms with Crippen LogP contribution in [0.4, 0.5) is 5.69 Å². The summed E-state index contributed by atoms with van der Waals surface area (Å²) in [6, 6.07) is 13.5. The molecule has 0 spiro atoms. The fourth-order valence-electron chi connectivity index (χ4n) is 2.00. The fraction of sp³-hybridized carbons (Fsp3) is 0.133. The van der Waals surface area contributed by atoms with E-state index in [1.165, 1.54) is 6.33 Å². The van der Waals surface area contributed by atoms with E-state index in [2.05, 4.69) is 21.5 Å². The van der Waals surface area contributed by atoms with Crippen LogP contribution >= 0.6 is 0 Å². The normalized spacial score (nSPS) is 10.2. The maximum Gasteiger partial charge on any atom is 0.203 e. The molecule has 2 heterocycles. The molecule has 0 atom stereocenters. The van der Waals surface area contributed by atoms with Crippen LogP contribution in [0.5, 0.6) is 0 Å². The summed E-state index contributed by atoms with van der Waals surface area (Å²) in [5.41, 5.74) is 2.12. The Hall–Kier alpha value is -3.07. The Morgan fingerprint density at radius 3 is 3.00 bits per heavy atom. The highest BCUT2D eigenvalue weighted by molar-refractivity contribution is 5.46. The van der Waals surface area contributed by atoms with Crippen LogP contribution in [0, 0.1) is 11.3 Å². The van der Waals surface area contributed by atoms with Gasteiger partial charge in [-0.2, -0.15) is 10.4 Å². The second-order valence-electron chi connectivity index (χ2n) is 4.52. The van der Waals surface area contributed by atoms with Gasteiger partial charge in [0.05, 0.1) is 13.1 Å². The zero-order valence-corrected chi connectivity index (χ0v) is 11.2. The molecule has 21 heavy (non-hydrogen) atoms. The van der Waals surface area contributed by atoms with Gasteiger partial charge in [-0.25, -0.2) is 9.67 Å². The minimum absolute atomic E-state index is 0.326. The minimum Gasteiger partial charge on any atom is -0.449 e. The van der Waals surface area contributed by atoms with Crippen LogP contribution in [0.15, 0.2) is 53.5 Å². The van der Waals surface area contributed by atoms with E-state index >= 15 is 0 Å². The van der Waals surface area contributed by atoms with E-state index in [-0.39, 0.29) is 0 Å². The maximum absolute atomic E-state index is 8.72. The van der Waals surface area contributed by atoms with Crippen molar-refractivity contribution in [2.45, 2.75) is 13.1 Å². The van der Waals surface area contributed by atoms with E-state index < -0.39 is 0 Å². The van der Waals surface area contributed by atoms with Crippen molar-refractivity contribution >= 4 is 5.69 Å². The minimum atomic E-state index is 0.326. The molecule has 0 saturated heterocycles. The van der Waals surface area contributed by atoms with Gasteiger partial charge in [0.15, 0.2) is 0 Å². The Labute approximate surface area is 121 Å². The van der Waals surface area contributed by atoms with E-state index in [1.54, 1.807) is 23.1 Å². The van der Waals surface area contributed by atoms with Gasteiger partial charge in [-0.15, -0.1) is 0 Å². The first-order valence-corrected chi connectivity index (χ1v) is 6.47. The third kappa shape index (κ3) is 3.28. The average Bonchev–Trinajstić information content (AvgIpc) is 3.17. The summed E-state index contributed by atoms with van der Waals surface area (Å²) >= 11 is 0. The fourth-order valence-corrected chi connectivity index (χ4v) is 2.00. The van der Waals surface area contributed by atoms with Crippen molar-refractivity contribution < 1.29 is 4.42 Å². The standard InChI is InChI=1S/C15H13N5O/c16-7-14-4-5-15(21-14)8-18-13-3-1-2-12(6-13)9-20-11-17-10-19-20/h1-6,10-11,18H,8-9H2. The number of hydrogen-bond acceptors (Lipinski definition) is 5. The van der Waals surface area contributed by atoms with Gasteiger partial charge in [-0.1, -0.05) is 12.1 Å². The lowest BCUT2D eigenvalue weighted by Gasteiger charge is -2.07. The summed E-state index contributed by atoms with van der Waals surface area (Å²) in [6.45, 7) is 1.21. The van der Waals surface area contributed by atoms with Crippen LogP contribution in [-0.2, 0) is 13.1 Å². The monoisotopic (exact) mass is 279 g/mol. The summed E-state index contributed by atoms with van der Waals surface area (Å²) in [4.78, 5) is 3.92. The Kier molecular flexibility index (Phi) is 3.65. The molecule has 0 aliphatic carbocycles. The van der Waals surface area contributed by atoms with Crippen LogP contribution in [0.3, 0.4) is 0 Å². The van der Waals surface area contributed by atoms with Gasteiger partial charge in [0.1, 0.15) is 24.5 Å². The number of hydrogen-bond donors (Lipinski definition) is 1. The van der Waals surface area contributed by atoms with E-state index in [4.69, 9.17) is 9.68 Å². The molecular weight excluding hydrogens is 266 g/mol. The molecule has 2 aromatic heterocycles. The first-order chi connectivity index (χ1) is 10.3. The smallest absolute Gasteiger partial charge is 0.203 e. The summed E-state index contributed by atoms with van der Waals surface area (Å²) in [6.07, 6.45) is 3.21. The highest BCUT2D eigenvalue weighted by Gasteiger charge is 2.02. The molecule has 0 radical (unpaired) electrons. The van der Waals surface area contributed by atoms with Crippen LogP contribution in [0.1, 0.15) is 17.1 Å². The van der Waals surface area contributed by atoms with Crippen LogP contribution in [0.25, 0.3) is 0 Å². The predicted molar refractivity (Wildman–Crippen MR) is 76.3 cm³/mol. The molecule has 0 aliphatic heterocycles. The molecule has 3 rings (SSSR count). The quantitative estimate of drug-likeness (QED) is 0.775. The van der Waals surface area contributed by atoms with Crippen molar-refractivity contribution in [1.29, 1.82) is 5.26 Å². The molecule has 0 saturated carbocycles. The molecule has 0 bridgehead atoms. The highest BCUT2D eigenvalue weighted by Crippen LogP contribution is 2.14. The Morgan fingerprint density at radius 1 is 1.29 bits per heavy atom. The number of anilines is 1. The predicted octanol–water partition coefficient (Wildman–Crippen LogP) is 2.40. The third-order valence-electron chi connectivity index (χ3n) is 2.98. The molecule has 0 fully saturated rings. The molecule has 0 unspecified atom stereocenters. The van der Waals surface area contributed by atoms with E-state index in [0.717, 1.165) is 17.0 Å². The van der Waals surface area contributed by atoms with Gasteiger partial charge >= 0.3 is 0 Å². The lowest BCUT2D eigenvalue weighted by Crippen LogP contribution is -2.02. The van der Waals surface area contributed by atoms with Crippen molar-refractivity contribution in [1.82, 2.24) is 14.8 Å². The average molecular weight is 279 g/mol. The van der Waals surface area contributed by atoms with E-state index in [1.807, 2.05) is 24.3 Å². The lowest BCUT2D eigenvalue weighted by atomic mass is 10.2. The first kappa shape index (κ1) is 12.9. The zero-order valence-electron chi connectivity index (χ0n) is 11.2. The summed E-state index contributed by atoms with van der Waals surface area (Å²) in [5, 5.41) is 16.1. The van der Waals surface area contributed by atoms with Crippen molar-refractivity contribution in [3.8, 4) is 6.07 Å². The van der Waals surface area contributed by atoms with Gasteiger partial charge in [-0.05, 0) is 29.8 Å². The molecule has 104 valence electrons. The van der Waals surface area contributed by atoms with Crippen molar-refractivity contribution in [2.24, 2.45) is 0 Å². The molecule has 1 aromatic carbocycles. The zero-order chi connectivity index (χ0) is 14.5.